The SMILES string of the molecule is CC(O)c1cc([N+](=O)[O-])ccc1OC(C)C(C)O. The molecule has 1 aromatic carbocycles. The van der Waals surface area contributed by atoms with Crippen LogP contribution in [0.2, 0.25) is 0 Å². The van der Waals surface area contributed by atoms with E-state index in [0.717, 1.165) is 0 Å². The third-order valence-corrected chi connectivity index (χ3v) is 2.65. The maximum Gasteiger partial charge on any atom is 0.270 e. The lowest BCUT2D eigenvalue weighted by molar-refractivity contribution is -0.385. The van der Waals surface area contributed by atoms with Crippen LogP contribution in [0.25, 0.3) is 0 Å². The molecule has 1 rings (SSSR count). The van der Waals surface area contributed by atoms with Crippen molar-refractivity contribution in [2.45, 2.75) is 39.1 Å². The minimum Gasteiger partial charge on any atom is -0.488 e. The Labute approximate surface area is 105 Å². The summed E-state index contributed by atoms with van der Waals surface area (Å²) in [5.74, 6) is 0.337. The van der Waals surface area contributed by atoms with Gasteiger partial charge in [0.05, 0.1) is 17.1 Å². The van der Waals surface area contributed by atoms with E-state index in [2.05, 4.69) is 0 Å². The summed E-state index contributed by atoms with van der Waals surface area (Å²) in [4.78, 5) is 10.1. The van der Waals surface area contributed by atoms with Gasteiger partial charge < -0.3 is 14.9 Å². The molecule has 0 aliphatic rings. The Morgan fingerprint density at radius 3 is 2.33 bits per heavy atom. The molecule has 0 saturated heterocycles. The largest absolute Gasteiger partial charge is 0.488 e. The van der Waals surface area contributed by atoms with Gasteiger partial charge in [-0.1, -0.05) is 0 Å². The Kier molecular flexibility index (Phi) is 4.63. The molecular formula is C12H17NO5. The van der Waals surface area contributed by atoms with Gasteiger partial charge in [-0.15, -0.1) is 0 Å². The van der Waals surface area contributed by atoms with Crippen molar-refractivity contribution in [1.82, 2.24) is 0 Å². The van der Waals surface area contributed by atoms with E-state index >= 15 is 0 Å². The first kappa shape index (κ1) is 14.4. The van der Waals surface area contributed by atoms with E-state index in [1.54, 1.807) is 13.8 Å². The molecule has 100 valence electrons. The van der Waals surface area contributed by atoms with Gasteiger partial charge in [0.1, 0.15) is 11.9 Å². The van der Waals surface area contributed by atoms with Gasteiger partial charge in [0.25, 0.3) is 5.69 Å². The van der Waals surface area contributed by atoms with Crippen LogP contribution in [0.15, 0.2) is 18.2 Å². The topological polar surface area (TPSA) is 92.8 Å². The monoisotopic (exact) mass is 255 g/mol. The average molecular weight is 255 g/mol. The van der Waals surface area contributed by atoms with Crippen molar-refractivity contribution < 1.29 is 19.9 Å². The molecule has 0 amide bonds. The maximum absolute atomic E-state index is 10.7. The Morgan fingerprint density at radius 1 is 1.28 bits per heavy atom. The number of ether oxygens (including phenoxy) is 1. The van der Waals surface area contributed by atoms with Crippen molar-refractivity contribution in [2.24, 2.45) is 0 Å². The standard InChI is InChI=1S/C12H17NO5/c1-7(14)9(3)18-12-5-4-10(13(16)17)6-11(12)8(2)15/h4-9,14-15H,1-3H3. The maximum atomic E-state index is 10.7. The van der Waals surface area contributed by atoms with Crippen LogP contribution in [-0.4, -0.2) is 27.3 Å². The van der Waals surface area contributed by atoms with Gasteiger partial charge in [-0.25, -0.2) is 0 Å². The number of rotatable bonds is 5. The molecule has 0 aliphatic carbocycles. The molecule has 2 N–H and O–H groups in total. The lowest BCUT2D eigenvalue weighted by atomic mass is 10.1. The van der Waals surface area contributed by atoms with Gasteiger partial charge in [-0.05, 0) is 26.8 Å². The van der Waals surface area contributed by atoms with Gasteiger partial charge in [0.15, 0.2) is 0 Å². The number of hydrogen-bond donors (Lipinski definition) is 2. The zero-order valence-electron chi connectivity index (χ0n) is 10.5. The van der Waals surface area contributed by atoms with Crippen LogP contribution >= 0.6 is 0 Å². The third-order valence-electron chi connectivity index (χ3n) is 2.65. The van der Waals surface area contributed by atoms with E-state index in [1.165, 1.54) is 25.1 Å². The van der Waals surface area contributed by atoms with Gasteiger partial charge in [-0.2, -0.15) is 0 Å². The number of benzene rings is 1. The molecule has 0 saturated carbocycles. The molecule has 0 aliphatic heterocycles. The lowest BCUT2D eigenvalue weighted by Crippen LogP contribution is -2.26. The highest BCUT2D eigenvalue weighted by molar-refractivity contribution is 5.44. The summed E-state index contributed by atoms with van der Waals surface area (Å²) in [6.45, 7) is 4.76. The number of aliphatic hydroxyl groups excluding tert-OH is 2. The minimum absolute atomic E-state index is 0.108. The fourth-order valence-corrected chi connectivity index (χ4v) is 1.38. The Morgan fingerprint density at radius 2 is 1.89 bits per heavy atom. The second-order valence-electron chi connectivity index (χ2n) is 4.22. The molecule has 0 bridgehead atoms. The summed E-state index contributed by atoms with van der Waals surface area (Å²) in [6, 6.07) is 4.00. The molecular weight excluding hydrogens is 238 g/mol. The first-order valence-corrected chi connectivity index (χ1v) is 5.64. The number of nitro groups is 1. The molecule has 0 spiro atoms. The predicted octanol–water partition coefficient (Wildman–Crippen LogP) is 1.80. The first-order chi connectivity index (χ1) is 8.32. The van der Waals surface area contributed by atoms with Crippen LogP contribution in [0.4, 0.5) is 5.69 Å². The molecule has 0 aromatic heterocycles. The number of non-ortho nitro benzene ring substituents is 1. The van der Waals surface area contributed by atoms with E-state index in [-0.39, 0.29) is 5.69 Å². The molecule has 6 heteroatoms. The molecule has 0 fully saturated rings. The normalized spacial score (nSPS) is 15.8. The smallest absolute Gasteiger partial charge is 0.270 e. The second kappa shape index (κ2) is 5.79. The highest BCUT2D eigenvalue weighted by Gasteiger charge is 2.18. The van der Waals surface area contributed by atoms with Crippen LogP contribution in [0.1, 0.15) is 32.4 Å². The summed E-state index contributed by atoms with van der Waals surface area (Å²) >= 11 is 0. The van der Waals surface area contributed by atoms with Crippen molar-refractivity contribution in [3.05, 3.63) is 33.9 Å². The molecule has 18 heavy (non-hydrogen) atoms. The number of hydrogen-bond acceptors (Lipinski definition) is 5. The van der Waals surface area contributed by atoms with E-state index in [0.29, 0.717) is 11.3 Å². The molecule has 3 atom stereocenters. The molecule has 0 radical (unpaired) electrons. The van der Waals surface area contributed by atoms with Crippen molar-refractivity contribution in [3.63, 3.8) is 0 Å². The predicted molar refractivity (Wildman–Crippen MR) is 65.5 cm³/mol. The fourth-order valence-electron chi connectivity index (χ4n) is 1.38. The van der Waals surface area contributed by atoms with Crippen LogP contribution in [0.5, 0.6) is 5.75 Å². The first-order valence-electron chi connectivity index (χ1n) is 5.64. The number of nitrogens with zero attached hydrogens (tertiary/aromatic N) is 1. The molecule has 0 heterocycles. The average Bonchev–Trinajstić information content (AvgIpc) is 2.28. The van der Waals surface area contributed by atoms with Crippen molar-refractivity contribution in [2.75, 3.05) is 0 Å². The Hall–Kier alpha value is -1.66. The van der Waals surface area contributed by atoms with Gasteiger partial charge in [0.2, 0.25) is 0 Å². The quantitative estimate of drug-likeness (QED) is 0.618. The third kappa shape index (κ3) is 3.41. The van der Waals surface area contributed by atoms with E-state index in [4.69, 9.17) is 4.74 Å². The summed E-state index contributed by atoms with van der Waals surface area (Å²) in [5.41, 5.74) is 0.222. The van der Waals surface area contributed by atoms with Crippen molar-refractivity contribution in [3.8, 4) is 5.75 Å². The van der Waals surface area contributed by atoms with Gasteiger partial charge in [0, 0.05) is 17.7 Å². The lowest BCUT2D eigenvalue weighted by Gasteiger charge is -2.20. The number of aliphatic hydroxyl groups is 2. The van der Waals surface area contributed by atoms with Crippen molar-refractivity contribution in [1.29, 1.82) is 0 Å². The summed E-state index contributed by atoms with van der Waals surface area (Å²) in [6.07, 6.45) is -2.04. The molecule has 3 unspecified atom stereocenters. The van der Waals surface area contributed by atoms with Crippen LogP contribution in [0, 0.1) is 10.1 Å². The van der Waals surface area contributed by atoms with E-state index < -0.39 is 23.2 Å². The summed E-state index contributed by atoms with van der Waals surface area (Å²) in [5, 5.41) is 29.6. The zero-order valence-corrected chi connectivity index (χ0v) is 10.5. The Bertz CT molecular complexity index is 430. The highest BCUT2D eigenvalue weighted by Crippen LogP contribution is 2.30. The Balaban J connectivity index is 3.08. The van der Waals surface area contributed by atoms with Crippen LogP contribution < -0.4 is 4.74 Å². The van der Waals surface area contributed by atoms with Crippen molar-refractivity contribution >= 4 is 5.69 Å². The highest BCUT2D eigenvalue weighted by atomic mass is 16.6. The van der Waals surface area contributed by atoms with Crippen LogP contribution in [0.3, 0.4) is 0 Å². The van der Waals surface area contributed by atoms with Crippen LogP contribution in [-0.2, 0) is 0 Å². The van der Waals surface area contributed by atoms with Gasteiger partial charge >= 0.3 is 0 Å². The second-order valence-corrected chi connectivity index (χ2v) is 4.22. The summed E-state index contributed by atoms with van der Waals surface area (Å²) < 4.78 is 5.47. The fraction of sp³-hybridized carbons (Fsp3) is 0.500. The zero-order chi connectivity index (χ0) is 13.9. The number of nitro benzene ring substituents is 1. The molecule has 6 nitrogen and oxygen atoms in total. The minimum atomic E-state index is -0.888. The van der Waals surface area contributed by atoms with Gasteiger partial charge in [-0.3, -0.25) is 10.1 Å². The van der Waals surface area contributed by atoms with E-state index in [9.17, 15) is 20.3 Å². The molecule has 1 aromatic rings. The summed E-state index contributed by atoms with van der Waals surface area (Å²) in [7, 11) is 0. The van der Waals surface area contributed by atoms with E-state index in [1.807, 2.05) is 0 Å².